The van der Waals surface area contributed by atoms with Crippen molar-refractivity contribution in [2.24, 2.45) is 5.92 Å². The van der Waals surface area contributed by atoms with Crippen molar-refractivity contribution >= 4 is 48.2 Å². The number of rotatable bonds is 10. The molecule has 0 unspecified atom stereocenters. The monoisotopic (exact) mass is 790 g/mol. The molecule has 0 aromatic heterocycles. The van der Waals surface area contributed by atoms with Crippen molar-refractivity contribution in [2.75, 3.05) is 36.7 Å². The summed E-state index contributed by atoms with van der Waals surface area (Å²) in [6.07, 6.45) is -0.667. The maximum Gasteiger partial charge on any atom is 0.414 e. The van der Waals surface area contributed by atoms with Crippen molar-refractivity contribution in [3.05, 3.63) is 123 Å². The number of cyclic esters (lactones) is 1. The van der Waals surface area contributed by atoms with Gasteiger partial charge in [-0.2, -0.15) is 0 Å². The summed E-state index contributed by atoms with van der Waals surface area (Å²) in [5, 5.41) is 23.8. The first kappa shape index (κ1) is 38.3. The minimum atomic E-state index is -2.66. The molecule has 0 aliphatic carbocycles. The quantitative estimate of drug-likeness (QED) is 0.122. The third-order valence-corrected chi connectivity index (χ3v) is 17.0. The highest BCUT2D eigenvalue weighted by molar-refractivity contribution is 6.91. The number of benzene rings is 4. The highest BCUT2D eigenvalue weighted by Crippen LogP contribution is 2.60. The number of fused-ring (bicyclic) bond motifs is 3. The molecule has 14 heteroatoms. The first-order valence-corrected chi connectivity index (χ1v) is 22.4. The predicted molar refractivity (Wildman–Crippen MR) is 215 cm³/mol. The maximum absolute atomic E-state index is 15.3. The van der Waals surface area contributed by atoms with Crippen LogP contribution in [0.3, 0.4) is 0 Å². The summed E-state index contributed by atoms with van der Waals surface area (Å²) in [4.78, 5) is 58.7. The van der Waals surface area contributed by atoms with Gasteiger partial charge < -0.3 is 29.1 Å². The lowest BCUT2D eigenvalue weighted by atomic mass is 9.82. The Balaban J connectivity index is 1.19. The van der Waals surface area contributed by atoms with Crippen LogP contribution in [0.4, 0.5) is 21.9 Å². The van der Waals surface area contributed by atoms with Gasteiger partial charge in [-0.25, -0.2) is 4.79 Å². The lowest BCUT2D eigenvalue weighted by Crippen LogP contribution is -2.52. The molecule has 4 aliphatic heterocycles. The second-order valence-corrected chi connectivity index (χ2v) is 20.7. The van der Waals surface area contributed by atoms with Crippen molar-refractivity contribution < 1.29 is 38.6 Å². The Morgan fingerprint density at radius 1 is 1.02 bits per heavy atom. The Kier molecular flexibility index (Phi) is 9.91. The summed E-state index contributed by atoms with van der Waals surface area (Å²) in [7, 11) is -1.04. The summed E-state index contributed by atoms with van der Waals surface area (Å²) >= 11 is 0. The van der Waals surface area contributed by atoms with E-state index in [2.05, 4.69) is 13.1 Å². The van der Waals surface area contributed by atoms with Gasteiger partial charge >= 0.3 is 6.09 Å². The summed E-state index contributed by atoms with van der Waals surface area (Å²) in [6, 6.07) is 27.2. The zero-order chi connectivity index (χ0) is 40.2. The summed E-state index contributed by atoms with van der Waals surface area (Å²) < 4.78 is 17.7. The number of anilines is 2. The third kappa shape index (κ3) is 6.45. The van der Waals surface area contributed by atoms with Crippen molar-refractivity contribution in [3.63, 3.8) is 0 Å². The molecule has 8 rings (SSSR count). The summed E-state index contributed by atoms with van der Waals surface area (Å²) in [5.74, 6) is -0.334. The van der Waals surface area contributed by atoms with Crippen LogP contribution in [-0.2, 0) is 44.2 Å². The molecule has 296 valence electrons. The first-order chi connectivity index (χ1) is 27.4. The number of amides is 3. The second-order valence-electron chi connectivity index (χ2n) is 16.0. The van der Waals surface area contributed by atoms with Crippen LogP contribution in [0.25, 0.3) is 0 Å². The van der Waals surface area contributed by atoms with Crippen LogP contribution < -0.4 is 19.7 Å². The van der Waals surface area contributed by atoms with Crippen LogP contribution in [-0.4, -0.2) is 79.9 Å². The topological polar surface area (TPSA) is 152 Å². The fraction of sp³-hybridized carbons (Fsp3) is 0.372. The number of nitro groups is 1. The molecule has 4 aromatic carbocycles. The van der Waals surface area contributed by atoms with Gasteiger partial charge in [0.1, 0.15) is 12.4 Å². The lowest BCUT2D eigenvalue weighted by molar-refractivity contribution is -0.385. The highest BCUT2D eigenvalue weighted by Gasteiger charge is 2.67. The standard InChI is InChI=1S/C43H46N4O9Si/c1-27-40(57(3,4)35-16-14-34(54-2)15-17-35)38(23-39(49)45-25-30-8-6-5-7-29(30)21-33(45)26-48)56-43(27)36-22-32(47(52)53)13-18-37(36)46(41(43)50)24-28-9-11-31(12-10-28)44-19-20-55-42(44)51/h5-18,22,27,33,38,40,48H,19-21,23-26H2,1-4H3/t27-,33-,38+,40-,43+/m0/s1. The number of aliphatic hydroxyl groups is 1. The Morgan fingerprint density at radius 3 is 2.39 bits per heavy atom. The molecule has 4 heterocycles. The number of non-ortho nitro benzene ring substituents is 1. The number of hydrogen-bond acceptors (Lipinski definition) is 9. The maximum atomic E-state index is 15.3. The molecule has 4 aromatic rings. The molecule has 2 fully saturated rings. The Hall–Kier alpha value is -5.57. The Bertz CT molecular complexity index is 2230. The zero-order valence-electron chi connectivity index (χ0n) is 32.4. The molecule has 4 aliphatic rings. The summed E-state index contributed by atoms with van der Waals surface area (Å²) in [6.45, 7) is 7.46. The van der Waals surface area contributed by atoms with E-state index >= 15 is 4.79 Å². The van der Waals surface area contributed by atoms with E-state index in [0.717, 1.165) is 21.9 Å². The number of ether oxygens (including phenoxy) is 3. The number of carbonyl (C=O) groups is 3. The molecule has 2 saturated heterocycles. The predicted octanol–water partition coefficient (Wildman–Crippen LogP) is 5.66. The van der Waals surface area contributed by atoms with E-state index in [-0.39, 0.29) is 42.6 Å². The Labute approximate surface area is 331 Å². The lowest BCUT2D eigenvalue weighted by Gasteiger charge is -2.39. The first-order valence-electron chi connectivity index (χ1n) is 19.3. The minimum absolute atomic E-state index is 0.0417. The van der Waals surface area contributed by atoms with Gasteiger partial charge in [0.05, 0.1) is 64.1 Å². The number of hydrogen-bond donors (Lipinski definition) is 1. The minimum Gasteiger partial charge on any atom is -0.497 e. The average Bonchev–Trinajstić information content (AvgIpc) is 3.85. The number of nitro benzene ring substituents is 1. The fourth-order valence-corrected chi connectivity index (χ4v) is 13.7. The van der Waals surface area contributed by atoms with Gasteiger partial charge in [0.25, 0.3) is 11.6 Å². The van der Waals surface area contributed by atoms with Crippen molar-refractivity contribution in [1.82, 2.24) is 4.90 Å². The Morgan fingerprint density at radius 2 is 1.74 bits per heavy atom. The molecule has 1 spiro atoms. The van der Waals surface area contributed by atoms with Crippen LogP contribution in [0.1, 0.15) is 35.6 Å². The van der Waals surface area contributed by atoms with E-state index in [1.165, 1.54) is 12.1 Å². The molecule has 3 amide bonds. The molecule has 1 N–H and O–H groups in total. The van der Waals surface area contributed by atoms with Gasteiger partial charge in [-0.05, 0) is 59.0 Å². The number of carbonyl (C=O) groups excluding carboxylic acids is 3. The van der Waals surface area contributed by atoms with Crippen LogP contribution in [0.2, 0.25) is 18.6 Å². The zero-order valence-corrected chi connectivity index (χ0v) is 33.4. The smallest absolute Gasteiger partial charge is 0.414 e. The van der Waals surface area contributed by atoms with Crippen LogP contribution >= 0.6 is 0 Å². The van der Waals surface area contributed by atoms with E-state index < -0.39 is 42.8 Å². The van der Waals surface area contributed by atoms with E-state index in [4.69, 9.17) is 14.2 Å². The van der Waals surface area contributed by atoms with Crippen molar-refractivity contribution in [1.29, 1.82) is 0 Å². The molecule has 5 atom stereocenters. The number of methoxy groups -OCH3 is 1. The molecule has 0 bridgehead atoms. The molecule has 57 heavy (non-hydrogen) atoms. The number of nitrogens with zero attached hydrogens (tertiary/aromatic N) is 4. The van der Waals surface area contributed by atoms with E-state index in [1.807, 2.05) is 79.7 Å². The molecular formula is C43H46N4O9Si. The van der Waals surface area contributed by atoms with Crippen molar-refractivity contribution in [2.45, 2.75) is 69.2 Å². The highest BCUT2D eigenvalue weighted by atomic mass is 28.3. The second kappa shape index (κ2) is 14.7. The average molecular weight is 791 g/mol. The largest absolute Gasteiger partial charge is 0.497 e. The van der Waals surface area contributed by atoms with E-state index in [0.29, 0.717) is 48.8 Å². The van der Waals surface area contributed by atoms with Crippen LogP contribution in [0, 0.1) is 16.0 Å². The van der Waals surface area contributed by atoms with E-state index in [9.17, 15) is 24.8 Å². The number of aliphatic hydroxyl groups excluding tert-OH is 1. The van der Waals surface area contributed by atoms with Gasteiger partial charge in [0.2, 0.25) is 5.91 Å². The van der Waals surface area contributed by atoms with Gasteiger partial charge in [-0.1, -0.05) is 73.7 Å². The molecule has 0 radical (unpaired) electrons. The summed E-state index contributed by atoms with van der Waals surface area (Å²) in [5.41, 5.74) is 2.40. The van der Waals surface area contributed by atoms with E-state index in [1.54, 1.807) is 27.9 Å². The van der Waals surface area contributed by atoms with Crippen molar-refractivity contribution in [3.8, 4) is 5.75 Å². The molecule has 13 nitrogen and oxygen atoms in total. The van der Waals surface area contributed by atoms with Gasteiger partial charge in [-0.3, -0.25) is 24.6 Å². The van der Waals surface area contributed by atoms with Gasteiger partial charge in [0.15, 0.2) is 5.60 Å². The van der Waals surface area contributed by atoms with Gasteiger partial charge in [0, 0.05) is 35.8 Å². The molecule has 0 saturated carbocycles. The van der Waals surface area contributed by atoms with Crippen LogP contribution in [0.5, 0.6) is 5.75 Å². The fourth-order valence-electron chi connectivity index (χ4n) is 9.70. The van der Waals surface area contributed by atoms with Gasteiger partial charge in [-0.15, -0.1) is 0 Å². The normalized spacial score (nSPS) is 24.1. The SMILES string of the molecule is COc1ccc([Si](C)(C)[C@@H]2[C@@H](CC(=O)N3Cc4ccccc4C[C@H]3CO)O[C@]3(C(=O)N(Cc4ccc(N5CCOC5=O)cc4)c4ccc([N+](=O)[O-])cc43)[C@H]2C)cc1. The third-order valence-electron chi connectivity index (χ3n) is 12.6. The molecular weight excluding hydrogens is 745 g/mol. The van der Waals surface area contributed by atoms with Crippen LogP contribution in [0.15, 0.2) is 91.0 Å².